The fourth-order valence-corrected chi connectivity index (χ4v) is 5.41. The summed E-state index contributed by atoms with van der Waals surface area (Å²) < 4.78 is 37.9. The van der Waals surface area contributed by atoms with Crippen molar-refractivity contribution in [1.29, 1.82) is 0 Å². The molecule has 2 aliphatic rings. The Hall–Kier alpha value is -3.53. The quantitative estimate of drug-likeness (QED) is 0.646. The van der Waals surface area contributed by atoms with Crippen molar-refractivity contribution in [3.05, 3.63) is 79.3 Å². The lowest BCUT2D eigenvalue weighted by Gasteiger charge is -2.44. The number of carbonyl (C=O) groups is 1. The molecule has 1 aromatic heterocycles. The maximum absolute atomic E-state index is 13.4. The van der Waals surface area contributed by atoms with Gasteiger partial charge in [0.25, 0.3) is 5.56 Å². The van der Waals surface area contributed by atoms with E-state index in [1.54, 1.807) is 49.4 Å². The second-order valence-electron chi connectivity index (χ2n) is 7.62. The number of primary amides is 1. The summed E-state index contributed by atoms with van der Waals surface area (Å²) in [5, 5.41) is 0. The van der Waals surface area contributed by atoms with Gasteiger partial charge in [0.2, 0.25) is 11.6 Å². The minimum Gasteiger partial charge on any atom is -0.465 e. The van der Waals surface area contributed by atoms with E-state index in [4.69, 9.17) is 10.5 Å². The normalized spacial score (nSPS) is 23.7. The topological polar surface area (TPSA) is 95.9 Å². The summed E-state index contributed by atoms with van der Waals surface area (Å²) >= 11 is 1.08. The molecule has 0 radical (unpaired) electrons. The molecule has 2 bridgehead atoms. The summed E-state index contributed by atoms with van der Waals surface area (Å²) in [5.41, 5.74) is 5.00. The third kappa shape index (κ3) is 3.10. The van der Waals surface area contributed by atoms with E-state index in [1.165, 1.54) is 16.7 Å². The molecular formula is C22H17F2N3O4S. The summed E-state index contributed by atoms with van der Waals surface area (Å²) in [4.78, 5) is 30.8. The van der Waals surface area contributed by atoms with Gasteiger partial charge in [-0.3, -0.25) is 14.2 Å². The largest absolute Gasteiger partial charge is 0.465 e. The fourth-order valence-electron chi connectivity index (χ4n) is 4.32. The van der Waals surface area contributed by atoms with Gasteiger partial charge < -0.3 is 15.2 Å². The molecule has 2 aliphatic heterocycles. The number of thiazole rings is 1. The van der Waals surface area contributed by atoms with E-state index in [1.807, 2.05) is 0 Å². The highest BCUT2D eigenvalue weighted by Gasteiger charge is 2.54. The monoisotopic (exact) mass is 457 g/mol. The number of hydrogen-bond acceptors (Lipinski definition) is 6. The number of aromatic nitrogens is 1. The molecular weight excluding hydrogens is 440 g/mol. The van der Waals surface area contributed by atoms with Gasteiger partial charge in [0, 0.05) is 11.1 Å². The number of amides is 1. The Morgan fingerprint density at radius 2 is 2.00 bits per heavy atom. The Labute approximate surface area is 184 Å². The van der Waals surface area contributed by atoms with Gasteiger partial charge in [0.05, 0.1) is 10.6 Å². The molecule has 0 unspecified atom stereocenters. The average molecular weight is 457 g/mol. The summed E-state index contributed by atoms with van der Waals surface area (Å²) in [5.74, 6) is -1.07. The zero-order chi connectivity index (χ0) is 22.6. The van der Waals surface area contributed by atoms with Crippen LogP contribution in [0.4, 0.5) is 8.78 Å². The molecule has 0 saturated carbocycles. The lowest BCUT2D eigenvalue weighted by molar-refractivity contribution is -0.133. The third-order valence-electron chi connectivity index (χ3n) is 5.61. The molecule has 10 heteroatoms. The van der Waals surface area contributed by atoms with E-state index in [-0.39, 0.29) is 10.3 Å². The standard InChI is InChI=1S/C22H17F2N3O4S/c1-22-16(18(25)28)17(12-7-3-5-9-14(12)31-22)27-19(29)15(32-21(27)26-22)10-11-6-2-4-8-13(11)30-20(23)24/h2-10,16-17,20H,1H3,(H2,25,28)/b15-10-/t16-,17-,22+/m0/s1. The maximum atomic E-state index is 13.4. The highest BCUT2D eigenvalue weighted by atomic mass is 32.1. The molecule has 32 heavy (non-hydrogen) atoms. The fraction of sp³-hybridized carbons (Fsp3) is 0.227. The number of hydrogen-bond donors (Lipinski definition) is 1. The van der Waals surface area contributed by atoms with Crippen molar-refractivity contribution >= 4 is 23.3 Å². The van der Waals surface area contributed by atoms with Crippen LogP contribution in [-0.4, -0.2) is 22.8 Å². The van der Waals surface area contributed by atoms with Crippen molar-refractivity contribution in [1.82, 2.24) is 4.57 Å². The van der Waals surface area contributed by atoms with Crippen LogP contribution in [0.25, 0.3) is 6.08 Å². The van der Waals surface area contributed by atoms with Crippen LogP contribution in [0.2, 0.25) is 0 Å². The smallest absolute Gasteiger partial charge is 0.387 e. The van der Waals surface area contributed by atoms with Crippen molar-refractivity contribution in [2.75, 3.05) is 0 Å². The van der Waals surface area contributed by atoms with Crippen molar-refractivity contribution in [2.45, 2.75) is 25.3 Å². The van der Waals surface area contributed by atoms with Crippen LogP contribution in [0.1, 0.15) is 24.1 Å². The Morgan fingerprint density at radius 1 is 1.28 bits per heavy atom. The number of benzene rings is 2. The van der Waals surface area contributed by atoms with Gasteiger partial charge in [-0.1, -0.05) is 47.7 Å². The molecule has 3 heterocycles. The zero-order valence-electron chi connectivity index (χ0n) is 16.7. The number of ether oxygens (including phenoxy) is 2. The minimum absolute atomic E-state index is 0.0513. The Balaban J connectivity index is 1.76. The number of rotatable bonds is 4. The molecule has 1 amide bonds. The van der Waals surface area contributed by atoms with Crippen LogP contribution in [0.5, 0.6) is 11.5 Å². The second-order valence-corrected chi connectivity index (χ2v) is 8.63. The Kier molecular flexibility index (Phi) is 4.63. The van der Waals surface area contributed by atoms with Crippen LogP contribution in [0, 0.1) is 5.92 Å². The number of nitrogens with zero attached hydrogens (tertiary/aromatic N) is 2. The number of carbonyl (C=O) groups excluding carboxylic acids is 1. The van der Waals surface area contributed by atoms with Gasteiger partial charge in [-0.05, 0) is 25.1 Å². The first-order valence-electron chi connectivity index (χ1n) is 9.72. The molecule has 3 aromatic rings. The minimum atomic E-state index is -3.00. The molecule has 2 aromatic carbocycles. The van der Waals surface area contributed by atoms with E-state index >= 15 is 0 Å². The van der Waals surface area contributed by atoms with Crippen LogP contribution in [0.15, 0.2) is 58.3 Å². The van der Waals surface area contributed by atoms with E-state index in [2.05, 4.69) is 9.73 Å². The molecule has 5 rings (SSSR count). The van der Waals surface area contributed by atoms with E-state index in [0.29, 0.717) is 21.7 Å². The predicted octanol–water partition coefficient (Wildman–Crippen LogP) is 1.77. The Morgan fingerprint density at radius 3 is 2.75 bits per heavy atom. The summed E-state index contributed by atoms with van der Waals surface area (Å²) in [6.07, 6.45) is 1.48. The van der Waals surface area contributed by atoms with Crippen LogP contribution in [-0.2, 0) is 4.79 Å². The van der Waals surface area contributed by atoms with Crippen LogP contribution < -0.4 is 30.1 Å². The summed E-state index contributed by atoms with van der Waals surface area (Å²) in [7, 11) is 0. The summed E-state index contributed by atoms with van der Waals surface area (Å²) in [6.45, 7) is -1.34. The Bertz CT molecular complexity index is 1420. The van der Waals surface area contributed by atoms with E-state index < -0.39 is 35.8 Å². The molecule has 0 fully saturated rings. The lowest BCUT2D eigenvalue weighted by Crippen LogP contribution is -2.59. The van der Waals surface area contributed by atoms with Crippen LogP contribution in [0.3, 0.4) is 0 Å². The van der Waals surface area contributed by atoms with Crippen molar-refractivity contribution in [2.24, 2.45) is 16.6 Å². The molecule has 3 atom stereocenters. The number of para-hydroxylation sites is 2. The third-order valence-corrected chi connectivity index (χ3v) is 6.59. The first kappa shape index (κ1) is 20.4. The number of alkyl halides is 2. The first-order chi connectivity index (χ1) is 15.3. The summed E-state index contributed by atoms with van der Waals surface area (Å²) in [6, 6.07) is 12.6. The van der Waals surface area contributed by atoms with Crippen LogP contribution >= 0.6 is 11.3 Å². The SMILES string of the molecule is C[C@@]12N=c3s/c(=C\c4ccccc4OC(F)F)c(=O)n3[C@@H](c3ccccc3O1)[C@H]2C(N)=O. The van der Waals surface area contributed by atoms with Crippen molar-refractivity contribution in [3.63, 3.8) is 0 Å². The lowest BCUT2D eigenvalue weighted by atomic mass is 9.81. The van der Waals surface area contributed by atoms with Gasteiger partial charge in [0.15, 0.2) is 4.80 Å². The van der Waals surface area contributed by atoms with Gasteiger partial charge >= 0.3 is 6.61 Å². The molecule has 164 valence electrons. The number of halogens is 2. The van der Waals surface area contributed by atoms with E-state index in [9.17, 15) is 18.4 Å². The highest BCUT2D eigenvalue weighted by molar-refractivity contribution is 7.07. The molecule has 0 spiro atoms. The molecule has 2 N–H and O–H groups in total. The van der Waals surface area contributed by atoms with Crippen molar-refractivity contribution < 1.29 is 23.0 Å². The predicted molar refractivity (Wildman–Crippen MR) is 112 cm³/mol. The molecule has 7 nitrogen and oxygen atoms in total. The van der Waals surface area contributed by atoms with Gasteiger partial charge in [-0.15, -0.1) is 0 Å². The molecule has 0 saturated heterocycles. The van der Waals surface area contributed by atoms with Gasteiger partial charge in [0.1, 0.15) is 17.4 Å². The highest BCUT2D eigenvalue weighted by Crippen LogP contribution is 2.46. The maximum Gasteiger partial charge on any atom is 0.387 e. The molecule has 0 aliphatic carbocycles. The average Bonchev–Trinajstić information content (AvgIpc) is 3.02. The van der Waals surface area contributed by atoms with Crippen molar-refractivity contribution in [3.8, 4) is 11.5 Å². The number of fused-ring (bicyclic) bond motifs is 6. The van der Waals surface area contributed by atoms with E-state index in [0.717, 1.165) is 11.3 Å². The van der Waals surface area contributed by atoms with Gasteiger partial charge in [-0.25, -0.2) is 4.99 Å². The van der Waals surface area contributed by atoms with Gasteiger partial charge in [-0.2, -0.15) is 8.78 Å². The number of nitrogens with two attached hydrogens (primary N) is 1. The second kappa shape index (κ2) is 7.27. The zero-order valence-corrected chi connectivity index (χ0v) is 17.5. The first-order valence-corrected chi connectivity index (χ1v) is 10.5.